The number of morpholine rings is 1. The molecule has 1 fully saturated rings. The Balaban J connectivity index is 1.82. The molecule has 1 unspecified atom stereocenters. The van der Waals surface area contributed by atoms with Crippen LogP contribution in [0.2, 0.25) is 0 Å². The first-order chi connectivity index (χ1) is 14.4. The lowest BCUT2D eigenvalue weighted by atomic mass is 10.1. The number of nitrogens with one attached hydrogen (secondary N) is 2. The van der Waals surface area contributed by atoms with E-state index in [0.717, 1.165) is 18.8 Å². The van der Waals surface area contributed by atoms with Crippen molar-refractivity contribution in [2.24, 2.45) is 0 Å². The fraction of sp³-hybridized carbons (Fsp3) is 0.368. The molecule has 0 aromatic carbocycles. The number of rotatable bonds is 4. The van der Waals surface area contributed by atoms with E-state index in [1.165, 1.54) is 12.4 Å². The minimum Gasteiger partial charge on any atom is -0.356 e. The Kier molecular flexibility index (Phi) is 5.27. The lowest BCUT2D eigenvalue weighted by molar-refractivity contribution is -0.137. The van der Waals surface area contributed by atoms with Gasteiger partial charge in [-0.1, -0.05) is 0 Å². The fourth-order valence-electron chi connectivity index (χ4n) is 3.38. The molecule has 0 aliphatic carbocycles. The summed E-state index contributed by atoms with van der Waals surface area (Å²) in [7, 11) is 0. The van der Waals surface area contributed by atoms with E-state index in [9.17, 15) is 18.4 Å². The summed E-state index contributed by atoms with van der Waals surface area (Å²) in [6, 6.07) is 3.02. The lowest BCUT2D eigenvalue weighted by Crippen LogP contribution is -2.50. The first-order valence-corrected chi connectivity index (χ1v) is 9.33. The first-order valence-electron chi connectivity index (χ1n) is 9.33. The average molecular weight is 417 g/mol. The molecule has 0 bridgehead atoms. The van der Waals surface area contributed by atoms with Crippen LogP contribution in [0.15, 0.2) is 24.7 Å². The molecule has 4 rings (SSSR count). The van der Waals surface area contributed by atoms with Crippen molar-refractivity contribution < 1.29 is 17.9 Å². The quantitative estimate of drug-likeness (QED) is 0.673. The Morgan fingerprint density at radius 1 is 1.33 bits per heavy atom. The van der Waals surface area contributed by atoms with Gasteiger partial charge in [0.05, 0.1) is 29.6 Å². The third-order valence-electron chi connectivity index (χ3n) is 4.86. The Morgan fingerprint density at radius 3 is 2.83 bits per heavy atom. The van der Waals surface area contributed by atoms with Gasteiger partial charge in [-0.05, 0) is 13.0 Å². The topological polar surface area (TPSA) is 103 Å². The predicted octanol–water partition coefficient (Wildman–Crippen LogP) is 2.68. The van der Waals surface area contributed by atoms with Crippen molar-refractivity contribution in [2.45, 2.75) is 19.3 Å². The van der Waals surface area contributed by atoms with Crippen molar-refractivity contribution in [2.75, 3.05) is 31.1 Å². The number of hydrogen-bond donors (Lipinski definition) is 2. The molecule has 30 heavy (non-hydrogen) atoms. The van der Waals surface area contributed by atoms with Crippen LogP contribution in [0.5, 0.6) is 0 Å². The minimum atomic E-state index is -4.53. The Bertz CT molecular complexity index is 1100. The number of ether oxygens (including phenoxy) is 1. The monoisotopic (exact) mass is 417 g/mol. The Morgan fingerprint density at radius 2 is 2.17 bits per heavy atom. The largest absolute Gasteiger partial charge is 0.417 e. The highest BCUT2D eigenvalue weighted by molar-refractivity contribution is 5.94. The third-order valence-corrected chi connectivity index (χ3v) is 4.86. The maximum Gasteiger partial charge on any atom is 0.417 e. The van der Waals surface area contributed by atoms with Crippen molar-refractivity contribution in [1.82, 2.24) is 25.3 Å². The highest BCUT2D eigenvalue weighted by atomic mass is 19.4. The van der Waals surface area contributed by atoms with Crippen LogP contribution < -0.4 is 10.2 Å². The van der Waals surface area contributed by atoms with Crippen LogP contribution in [0.25, 0.3) is 22.3 Å². The SMILES string of the molecule is CCN(c1ncc(C#N)c(-c2c[nH]c3ncc(C(F)(F)F)cc23)n1)C1CNCCO1. The summed E-state index contributed by atoms with van der Waals surface area (Å²) in [5.74, 6) is 0.328. The minimum absolute atomic E-state index is 0.149. The number of nitriles is 1. The fourth-order valence-corrected chi connectivity index (χ4v) is 3.38. The second kappa shape index (κ2) is 7.89. The van der Waals surface area contributed by atoms with E-state index in [4.69, 9.17) is 4.74 Å². The van der Waals surface area contributed by atoms with Crippen molar-refractivity contribution >= 4 is 17.0 Å². The van der Waals surface area contributed by atoms with E-state index < -0.39 is 11.7 Å². The molecule has 2 N–H and O–H groups in total. The number of aromatic amines is 1. The van der Waals surface area contributed by atoms with Crippen LogP contribution in [-0.4, -0.2) is 52.4 Å². The molecule has 0 saturated carbocycles. The number of likely N-dealkylation sites (N-methyl/N-ethyl adjacent to an activating group) is 1. The number of aromatic nitrogens is 4. The average Bonchev–Trinajstić information content (AvgIpc) is 3.17. The van der Waals surface area contributed by atoms with Gasteiger partial charge in [0.1, 0.15) is 17.9 Å². The van der Waals surface area contributed by atoms with E-state index in [1.807, 2.05) is 17.9 Å². The smallest absolute Gasteiger partial charge is 0.356 e. The highest BCUT2D eigenvalue weighted by Gasteiger charge is 2.32. The molecule has 156 valence electrons. The standard InChI is InChI=1S/C19H18F3N7O/c1-2-29(15-10-24-3-4-30-15)18-27-7-11(6-23)16(28-18)14-9-26-17-13(14)5-12(8-25-17)19(20,21)22/h5,7-9,15,24H,2-4,10H2,1H3,(H,25,26). The van der Waals surface area contributed by atoms with Crippen molar-refractivity contribution in [1.29, 1.82) is 5.26 Å². The Labute approximate surface area is 169 Å². The van der Waals surface area contributed by atoms with Crippen LogP contribution >= 0.6 is 0 Å². The zero-order valence-corrected chi connectivity index (χ0v) is 16.0. The van der Waals surface area contributed by atoms with Gasteiger partial charge in [0, 0.05) is 43.0 Å². The van der Waals surface area contributed by atoms with E-state index in [1.54, 1.807) is 0 Å². The third kappa shape index (κ3) is 3.67. The van der Waals surface area contributed by atoms with Gasteiger partial charge in [-0.2, -0.15) is 18.4 Å². The zero-order chi connectivity index (χ0) is 21.3. The summed E-state index contributed by atoms with van der Waals surface area (Å²) in [5, 5.41) is 13.0. The molecule has 3 aromatic rings. The number of halogens is 3. The van der Waals surface area contributed by atoms with Gasteiger partial charge in [0.2, 0.25) is 5.95 Å². The van der Waals surface area contributed by atoms with Crippen LogP contribution in [0.3, 0.4) is 0 Å². The molecular weight excluding hydrogens is 399 g/mol. The molecule has 8 nitrogen and oxygen atoms in total. The maximum absolute atomic E-state index is 13.2. The predicted molar refractivity (Wildman–Crippen MR) is 102 cm³/mol. The molecule has 1 aliphatic rings. The van der Waals surface area contributed by atoms with Gasteiger partial charge in [0.15, 0.2) is 0 Å². The van der Waals surface area contributed by atoms with Crippen molar-refractivity contribution in [3.05, 3.63) is 35.8 Å². The van der Waals surface area contributed by atoms with E-state index in [-0.39, 0.29) is 28.5 Å². The molecule has 4 heterocycles. The van der Waals surface area contributed by atoms with Gasteiger partial charge >= 0.3 is 6.18 Å². The number of fused-ring (bicyclic) bond motifs is 1. The lowest BCUT2D eigenvalue weighted by Gasteiger charge is -2.33. The number of pyridine rings is 1. The van der Waals surface area contributed by atoms with Crippen molar-refractivity contribution in [3.63, 3.8) is 0 Å². The molecule has 0 spiro atoms. The number of H-pyrrole nitrogens is 1. The molecule has 1 atom stereocenters. The van der Waals surface area contributed by atoms with Gasteiger partial charge in [-0.3, -0.25) is 0 Å². The summed E-state index contributed by atoms with van der Waals surface area (Å²) < 4.78 is 45.3. The van der Waals surface area contributed by atoms with E-state index in [2.05, 4.69) is 25.3 Å². The van der Waals surface area contributed by atoms with Crippen molar-refractivity contribution in [3.8, 4) is 17.3 Å². The first kappa shape index (κ1) is 20.1. The molecule has 0 radical (unpaired) electrons. The number of nitrogens with zero attached hydrogens (tertiary/aromatic N) is 5. The van der Waals surface area contributed by atoms with Gasteiger partial charge in [-0.15, -0.1) is 0 Å². The van der Waals surface area contributed by atoms with Crippen LogP contribution in [0.4, 0.5) is 19.1 Å². The summed E-state index contributed by atoms with van der Waals surface area (Å²) in [4.78, 5) is 17.4. The summed E-state index contributed by atoms with van der Waals surface area (Å²) in [5.41, 5.74) is 0.130. The summed E-state index contributed by atoms with van der Waals surface area (Å²) in [6.07, 6.45) is -1.18. The summed E-state index contributed by atoms with van der Waals surface area (Å²) >= 11 is 0. The van der Waals surface area contributed by atoms with Gasteiger partial charge in [0.25, 0.3) is 0 Å². The molecule has 11 heteroatoms. The number of alkyl halides is 3. The van der Waals surface area contributed by atoms with Crippen LogP contribution in [0, 0.1) is 11.3 Å². The van der Waals surface area contributed by atoms with Gasteiger partial charge in [-0.25, -0.2) is 15.0 Å². The highest BCUT2D eigenvalue weighted by Crippen LogP contribution is 2.35. The number of anilines is 1. The van der Waals surface area contributed by atoms with Crippen LogP contribution in [0.1, 0.15) is 18.1 Å². The zero-order valence-electron chi connectivity index (χ0n) is 16.0. The Hall–Kier alpha value is -3.23. The summed E-state index contributed by atoms with van der Waals surface area (Å²) in [6.45, 7) is 4.34. The molecule has 0 amide bonds. The normalized spacial score (nSPS) is 17.1. The molecular formula is C19H18F3N7O. The van der Waals surface area contributed by atoms with E-state index >= 15 is 0 Å². The molecule has 1 aliphatic heterocycles. The second-order valence-electron chi connectivity index (χ2n) is 6.68. The van der Waals surface area contributed by atoms with E-state index in [0.29, 0.717) is 31.2 Å². The second-order valence-corrected chi connectivity index (χ2v) is 6.68. The number of hydrogen-bond acceptors (Lipinski definition) is 7. The van der Waals surface area contributed by atoms with Crippen LogP contribution in [-0.2, 0) is 10.9 Å². The maximum atomic E-state index is 13.2. The molecule has 1 saturated heterocycles. The molecule has 3 aromatic heterocycles. The van der Waals surface area contributed by atoms with Gasteiger partial charge < -0.3 is 19.9 Å².